The standard InChI is InChI=1S/C16H24N4/c1-11(2)13-5-7-14(8-6-13)16(18-17)10-15-9-12(3)19-20(15)4/h5-9,11,16,18H,10,17H2,1-4H3. The van der Waals surface area contributed by atoms with Gasteiger partial charge in [0.05, 0.1) is 11.7 Å². The number of aromatic nitrogens is 2. The molecule has 108 valence electrons. The second-order valence-corrected chi connectivity index (χ2v) is 5.65. The Morgan fingerprint density at radius 1 is 1.20 bits per heavy atom. The molecule has 20 heavy (non-hydrogen) atoms. The number of hydrogen-bond acceptors (Lipinski definition) is 3. The Hall–Kier alpha value is -1.65. The van der Waals surface area contributed by atoms with E-state index in [-0.39, 0.29) is 6.04 Å². The van der Waals surface area contributed by atoms with E-state index in [1.165, 1.54) is 16.8 Å². The Kier molecular flexibility index (Phi) is 4.57. The lowest BCUT2D eigenvalue weighted by molar-refractivity contribution is 0.530. The van der Waals surface area contributed by atoms with Crippen LogP contribution in [0.2, 0.25) is 0 Å². The third kappa shape index (κ3) is 3.26. The van der Waals surface area contributed by atoms with E-state index in [0.717, 1.165) is 12.1 Å². The number of aryl methyl sites for hydroxylation is 2. The molecule has 0 fully saturated rings. The van der Waals surface area contributed by atoms with Crippen LogP contribution in [0, 0.1) is 6.92 Å². The Morgan fingerprint density at radius 2 is 1.80 bits per heavy atom. The first-order valence-electron chi connectivity index (χ1n) is 7.06. The Balaban J connectivity index is 2.17. The molecule has 1 heterocycles. The van der Waals surface area contributed by atoms with Gasteiger partial charge in [0.2, 0.25) is 0 Å². The summed E-state index contributed by atoms with van der Waals surface area (Å²) in [7, 11) is 1.97. The van der Waals surface area contributed by atoms with Crippen LogP contribution in [0.4, 0.5) is 0 Å². The van der Waals surface area contributed by atoms with Crippen LogP contribution in [0.25, 0.3) is 0 Å². The molecule has 0 aliphatic carbocycles. The average Bonchev–Trinajstić information content (AvgIpc) is 2.74. The summed E-state index contributed by atoms with van der Waals surface area (Å²) in [6, 6.07) is 10.9. The number of hydrazine groups is 1. The first kappa shape index (κ1) is 14.8. The van der Waals surface area contributed by atoms with Crippen molar-refractivity contribution in [1.29, 1.82) is 0 Å². The smallest absolute Gasteiger partial charge is 0.0596 e. The molecule has 3 N–H and O–H groups in total. The van der Waals surface area contributed by atoms with Gasteiger partial charge >= 0.3 is 0 Å². The molecule has 0 saturated heterocycles. The Bertz CT molecular complexity index is 554. The molecule has 0 saturated carbocycles. The highest BCUT2D eigenvalue weighted by atomic mass is 15.3. The third-order valence-corrected chi connectivity index (χ3v) is 3.72. The second-order valence-electron chi connectivity index (χ2n) is 5.65. The summed E-state index contributed by atoms with van der Waals surface area (Å²) in [5, 5.41) is 4.38. The quantitative estimate of drug-likeness (QED) is 0.650. The summed E-state index contributed by atoms with van der Waals surface area (Å²) < 4.78 is 1.92. The van der Waals surface area contributed by atoms with E-state index in [0.29, 0.717) is 5.92 Å². The minimum atomic E-state index is 0.103. The van der Waals surface area contributed by atoms with Crippen LogP contribution in [0.15, 0.2) is 30.3 Å². The number of hydrogen-bond donors (Lipinski definition) is 2. The predicted octanol–water partition coefficient (Wildman–Crippen LogP) is 2.60. The van der Waals surface area contributed by atoms with E-state index in [1.807, 2.05) is 18.7 Å². The van der Waals surface area contributed by atoms with Gasteiger partial charge in [-0.3, -0.25) is 16.0 Å². The van der Waals surface area contributed by atoms with Crippen molar-refractivity contribution in [3.05, 3.63) is 52.8 Å². The van der Waals surface area contributed by atoms with Crippen molar-refractivity contribution in [2.75, 3.05) is 0 Å². The van der Waals surface area contributed by atoms with Crippen molar-refractivity contribution in [2.24, 2.45) is 12.9 Å². The van der Waals surface area contributed by atoms with Crippen molar-refractivity contribution in [1.82, 2.24) is 15.2 Å². The monoisotopic (exact) mass is 272 g/mol. The summed E-state index contributed by atoms with van der Waals surface area (Å²) >= 11 is 0. The number of nitrogens with zero attached hydrogens (tertiary/aromatic N) is 2. The number of benzene rings is 1. The highest BCUT2D eigenvalue weighted by Gasteiger charge is 2.13. The van der Waals surface area contributed by atoms with Gasteiger partial charge in [-0.2, -0.15) is 5.10 Å². The fraction of sp³-hybridized carbons (Fsp3) is 0.438. The normalized spacial score (nSPS) is 12.9. The molecule has 0 radical (unpaired) electrons. The molecule has 1 atom stereocenters. The van der Waals surface area contributed by atoms with Crippen molar-refractivity contribution in [2.45, 2.75) is 39.2 Å². The number of rotatable bonds is 5. The predicted molar refractivity (Wildman–Crippen MR) is 82.2 cm³/mol. The van der Waals surface area contributed by atoms with Crippen LogP contribution in [0.1, 0.15) is 48.3 Å². The van der Waals surface area contributed by atoms with E-state index in [1.54, 1.807) is 0 Å². The van der Waals surface area contributed by atoms with E-state index in [9.17, 15) is 0 Å². The highest BCUT2D eigenvalue weighted by molar-refractivity contribution is 5.28. The SMILES string of the molecule is Cc1cc(CC(NN)c2ccc(C(C)C)cc2)n(C)n1. The highest BCUT2D eigenvalue weighted by Crippen LogP contribution is 2.21. The van der Waals surface area contributed by atoms with Crippen molar-refractivity contribution < 1.29 is 0 Å². The van der Waals surface area contributed by atoms with E-state index in [4.69, 9.17) is 5.84 Å². The lowest BCUT2D eigenvalue weighted by Gasteiger charge is -2.17. The Morgan fingerprint density at radius 3 is 2.25 bits per heavy atom. The largest absolute Gasteiger partial charge is 0.272 e. The van der Waals surface area contributed by atoms with Gasteiger partial charge in [0, 0.05) is 19.2 Å². The molecule has 0 aliphatic heterocycles. The molecule has 2 rings (SSSR count). The van der Waals surface area contributed by atoms with Crippen molar-refractivity contribution in [3.8, 4) is 0 Å². The first-order valence-corrected chi connectivity index (χ1v) is 7.06. The first-order chi connectivity index (χ1) is 9.51. The van der Waals surface area contributed by atoms with Gasteiger partial charge in [-0.05, 0) is 30.0 Å². The fourth-order valence-corrected chi connectivity index (χ4v) is 2.45. The molecule has 0 aliphatic rings. The fourth-order valence-electron chi connectivity index (χ4n) is 2.45. The van der Waals surface area contributed by atoms with Crippen LogP contribution in [0.3, 0.4) is 0 Å². The van der Waals surface area contributed by atoms with Crippen LogP contribution < -0.4 is 11.3 Å². The molecule has 1 aromatic carbocycles. The van der Waals surface area contributed by atoms with Gasteiger partial charge < -0.3 is 0 Å². The maximum absolute atomic E-state index is 5.73. The van der Waals surface area contributed by atoms with Gasteiger partial charge in [0.1, 0.15) is 0 Å². The molecular weight excluding hydrogens is 248 g/mol. The molecule has 0 spiro atoms. The van der Waals surface area contributed by atoms with Crippen LogP contribution in [-0.4, -0.2) is 9.78 Å². The molecule has 0 bridgehead atoms. The van der Waals surface area contributed by atoms with E-state index >= 15 is 0 Å². The zero-order valence-corrected chi connectivity index (χ0v) is 12.7. The number of nitrogens with one attached hydrogen (secondary N) is 1. The summed E-state index contributed by atoms with van der Waals surface area (Å²) in [5.74, 6) is 6.28. The minimum absolute atomic E-state index is 0.103. The van der Waals surface area contributed by atoms with Crippen molar-refractivity contribution >= 4 is 0 Å². The van der Waals surface area contributed by atoms with E-state index in [2.05, 4.69) is 54.7 Å². The van der Waals surface area contributed by atoms with Crippen molar-refractivity contribution in [3.63, 3.8) is 0 Å². The summed E-state index contributed by atoms with van der Waals surface area (Å²) in [5.41, 5.74) is 7.68. The zero-order valence-electron chi connectivity index (χ0n) is 12.7. The van der Waals surface area contributed by atoms with Gasteiger partial charge in [0.15, 0.2) is 0 Å². The van der Waals surface area contributed by atoms with Crippen LogP contribution >= 0.6 is 0 Å². The molecular formula is C16H24N4. The summed E-state index contributed by atoms with van der Waals surface area (Å²) in [6.45, 7) is 6.41. The minimum Gasteiger partial charge on any atom is -0.272 e. The Labute approximate surface area is 121 Å². The van der Waals surface area contributed by atoms with Gasteiger partial charge in [-0.15, -0.1) is 0 Å². The third-order valence-electron chi connectivity index (χ3n) is 3.72. The molecule has 4 heteroatoms. The average molecular weight is 272 g/mol. The molecule has 4 nitrogen and oxygen atoms in total. The zero-order chi connectivity index (χ0) is 14.7. The second kappa shape index (κ2) is 6.20. The topological polar surface area (TPSA) is 55.9 Å². The number of nitrogens with two attached hydrogens (primary N) is 1. The molecule has 1 unspecified atom stereocenters. The van der Waals surface area contributed by atoms with Gasteiger partial charge in [0.25, 0.3) is 0 Å². The van der Waals surface area contributed by atoms with Crippen LogP contribution in [0.5, 0.6) is 0 Å². The molecule has 1 aromatic heterocycles. The van der Waals surface area contributed by atoms with Crippen LogP contribution in [-0.2, 0) is 13.5 Å². The maximum atomic E-state index is 5.73. The van der Waals surface area contributed by atoms with E-state index < -0.39 is 0 Å². The van der Waals surface area contributed by atoms with Gasteiger partial charge in [-0.25, -0.2) is 0 Å². The lowest BCUT2D eigenvalue weighted by Crippen LogP contribution is -2.30. The molecule has 0 amide bonds. The van der Waals surface area contributed by atoms with Gasteiger partial charge in [-0.1, -0.05) is 38.1 Å². The summed E-state index contributed by atoms with van der Waals surface area (Å²) in [4.78, 5) is 0. The maximum Gasteiger partial charge on any atom is 0.0596 e. The summed E-state index contributed by atoms with van der Waals surface area (Å²) in [6.07, 6.45) is 0.828. The molecule has 2 aromatic rings. The lowest BCUT2D eigenvalue weighted by atomic mass is 9.97.